The minimum absolute atomic E-state index is 0.206. The number of carboxylic acids is 1. The van der Waals surface area contributed by atoms with Crippen molar-refractivity contribution in [3.8, 4) is 0 Å². The van der Waals surface area contributed by atoms with Crippen molar-refractivity contribution >= 4 is 11.9 Å². The van der Waals surface area contributed by atoms with Gasteiger partial charge in [-0.3, -0.25) is 4.79 Å². The summed E-state index contributed by atoms with van der Waals surface area (Å²) in [7, 11) is 0. The summed E-state index contributed by atoms with van der Waals surface area (Å²) in [5.74, 6) is -1.17. The largest absolute Gasteiger partial charge is 0.480 e. The van der Waals surface area contributed by atoms with Crippen molar-refractivity contribution in [2.45, 2.75) is 13.0 Å². The number of carbonyl (C=O) groups excluding carboxylic acids is 1. The van der Waals surface area contributed by atoms with Gasteiger partial charge < -0.3 is 15.3 Å². The Morgan fingerprint density at radius 3 is 2.78 bits per heavy atom. The fourth-order valence-electron chi connectivity index (χ4n) is 2.14. The lowest BCUT2D eigenvalue weighted by atomic mass is 10.1. The van der Waals surface area contributed by atoms with Gasteiger partial charge in [0, 0.05) is 25.2 Å². The van der Waals surface area contributed by atoms with Crippen LogP contribution in [0.1, 0.15) is 15.9 Å². The summed E-state index contributed by atoms with van der Waals surface area (Å²) in [4.78, 5) is 25.0. The van der Waals surface area contributed by atoms with Crippen molar-refractivity contribution in [1.82, 2.24) is 10.2 Å². The van der Waals surface area contributed by atoms with E-state index < -0.39 is 12.0 Å². The Morgan fingerprint density at radius 2 is 2.11 bits per heavy atom. The Balaban J connectivity index is 2.27. The van der Waals surface area contributed by atoms with Gasteiger partial charge in [0.25, 0.3) is 5.91 Å². The molecule has 1 aliphatic heterocycles. The van der Waals surface area contributed by atoms with Gasteiger partial charge in [-0.2, -0.15) is 0 Å². The summed E-state index contributed by atoms with van der Waals surface area (Å²) < 4.78 is 0. The highest BCUT2D eigenvalue weighted by Crippen LogP contribution is 2.14. The van der Waals surface area contributed by atoms with Gasteiger partial charge in [-0.25, -0.2) is 4.79 Å². The van der Waals surface area contributed by atoms with E-state index in [1.54, 1.807) is 12.1 Å². The number of aryl methyl sites for hydroxylation is 1. The smallest absolute Gasteiger partial charge is 0.327 e. The zero-order valence-electron chi connectivity index (χ0n) is 10.2. The SMILES string of the molecule is Cc1ccccc1C(=O)N1CCNCC1C(=O)O. The van der Waals surface area contributed by atoms with Gasteiger partial charge in [0.2, 0.25) is 0 Å². The van der Waals surface area contributed by atoms with E-state index in [4.69, 9.17) is 5.11 Å². The first kappa shape index (κ1) is 12.6. The van der Waals surface area contributed by atoms with Crippen LogP contribution in [-0.2, 0) is 4.79 Å². The van der Waals surface area contributed by atoms with E-state index in [1.165, 1.54) is 4.90 Å². The van der Waals surface area contributed by atoms with Crippen LogP contribution in [0.5, 0.6) is 0 Å². The molecule has 5 nitrogen and oxygen atoms in total. The second kappa shape index (κ2) is 5.18. The Hall–Kier alpha value is -1.88. The minimum atomic E-state index is -0.968. The quantitative estimate of drug-likeness (QED) is 0.799. The monoisotopic (exact) mass is 248 g/mol. The highest BCUT2D eigenvalue weighted by molar-refractivity contribution is 5.98. The number of nitrogens with zero attached hydrogens (tertiary/aromatic N) is 1. The summed E-state index contributed by atoms with van der Waals surface area (Å²) in [6.07, 6.45) is 0. The molecular weight excluding hydrogens is 232 g/mol. The van der Waals surface area contributed by atoms with Crippen LogP contribution in [0.4, 0.5) is 0 Å². The number of amides is 1. The average molecular weight is 248 g/mol. The van der Waals surface area contributed by atoms with E-state index in [1.807, 2.05) is 19.1 Å². The molecule has 1 saturated heterocycles. The molecule has 2 rings (SSSR count). The molecule has 1 fully saturated rings. The molecular formula is C13H16N2O3. The molecule has 1 aliphatic rings. The maximum absolute atomic E-state index is 12.4. The Bertz CT molecular complexity index is 473. The molecule has 96 valence electrons. The van der Waals surface area contributed by atoms with E-state index in [0.717, 1.165) is 5.56 Å². The molecule has 0 aliphatic carbocycles. The normalized spacial score (nSPS) is 19.6. The molecule has 18 heavy (non-hydrogen) atoms. The summed E-state index contributed by atoms with van der Waals surface area (Å²) in [6, 6.07) is 6.45. The van der Waals surface area contributed by atoms with Crippen LogP contribution >= 0.6 is 0 Å². The number of benzene rings is 1. The van der Waals surface area contributed by atoms with Crippen molar-refractivity contribution in [2.24, 2.45) is 0 Å². The fraction of sp³-hybridized carbons (Fsp3) is 0.385. The van der Waals surface area contributed by atoms with Gasteiger partial charge in [-0.15, -0.1) is 0 Å². The van der Waals surface area contributed by atoms with Crippen LogP contribution in [0, 0.1) is 6.92 Å². The summed E-state index contributed by atoms with van der Waals surface area (Å²) >= 11 is 0. The third kappa shape index (κ3) is 2.36. The molecule has 0 saturated carbocycles. The zero-order valence-corrected chi connectivity index (χ0v) is 10.2. The van der Waals surface area contributed by atoms with Gasteiger partial charge in [0.15, 0.2) is 0 Å². The minimum Gasteiger partial charge on any atom is -0.480 e. The molecule has 0 aromatic heterocycles. The lowest BCUT2D eigenvalue weighted by Crippen LogP contribution is -2.57. The molecule has 1 heterocycles. The highest BCUT2D eigenvalue weighted by Gasteiger charge is 2.32. The molecule has 1 unspecified atom stereocenters. The number of aliphatic carboxylic acids is 1. The molecule has 0 spiro atoms. The molecule has 5 heteroatoms. The number of nitrogens with one attached hydrogen (secondary N) is 1. The van der Waals surface area contributed by atoms with Gasteiger partial charge in [-0.05, 0) is 18.6 Å². The summed E-state index contributed by atoms with van der Waals surface area (Å²) in [5, 5.41) is 12.1. The second-order valence-corrected chi connectivity index (χ2v) is 4.37. The predicted octanol–water partition coefficient (Wildman–Crippen LogP) is 0.494. The predicted molar refractivity (Wildman–Crippen MR) is 66.5 cm³/mol. The van der Waals surface area contributed by atoms with Crippen molar-refractivity contribution in [1.29, 1.82) is 0 Å². The zero-order chi connectivity index (χ0) is 13.1. The van der Waals surface area contributed by atoms with Gasteiger partial charge in [0.05, 0.1) is 0 Å². The third-order valence-electron chi connectivity index (χ3n) is 3.16. The van der Waals surface area contributed by atoms with Gasteiger partial charge in [0.1, 0.15) is 6.04 Å². The molecule has 1 amide bonds. The first-order valence-corrected chi connectivity index (χ1v) is 5.91. The number of rotatable bonds is 2. The highest BCUT2D eigenvalue weighted by atomic mass is 16.4. The van der Waals surface area contributed by atoms with E-state index in [9.17, 15) is 9.59 Å². The van der Waals surface area contributed by atoms with Gasteiger partial charge in [-0.1, -0.05) is 18.2 Å². The Morgan fingerprint density at radius 1 is 1.39 bits per heavy atom. The van der Waals surface area contributed by atoms with Crippen molar-refractivity contribution < 1.29 is 14.7 Å². The second-order valence-electron chi connectivity index (χ2n) is 4.37. The lowest BCUT2D eigenvalue weighted by Gasteiger charge is -2.33. The van der Waals surface area contributed by atoms with Crippen molar-refractivity contribution in [2.75, 3.05) is 19.6 Å². The van der Waals surface area contributed by atoms with Crippen LogP contribution in [0.15, 0.2) is 24.3 Å². The summed E-state index contributed by atoms with van der Waals surface area (Å²) in [5.41, 5.74) is 1.44. The molecule has 1 aromatic carbocycles. The number of hydrogen-bond donors (Lipinski definition) is 2. The van der Waals surface area contributed by atoms with Crippen molar-refractivity contribution in [3.05, 3.63) is 35.4 Å². The number of carbonyl (C=O) groups is 2. The van der Waals surface area contributed by atoms with Crippen molar-refractivity contribution in [3.63, 3.8) is 0 Å². The molecule has 0 bridgehead atoms. The Labute approximate surface area is 105 Å². The standard InChI is InChI=1S/C13H16N2O3/c1-9-4-2-3-5-10(9)12(16)15-7-6-14-8-11(15)13(17)18/h2-5,11,14H,6-8H2,1H3,(H,17,18). The summed E-state index contributed by atoms with van der Waals surface area (Å²) in [6.45, 7) is 3.20. The first-order valence-electron chi connectivity index (χ1n) is 5.91. The van der Waals surface area contributed by atoms with Crippen LogP contribution in [0.25, 0.3) is 0 Å². The topological polar surface area (TPSA) is 69.6 Å². The molecule has 1 aromatic rings. The first-order chi connectivity index (χ1) is 8.61. The van der Waals surface area contributed by atoms with Gasteiger partial charge >= 0.3 is 5.97 Å². The Kier molecular flexibility index (Phi) is 3.62. The molecule has 1 atom stereocenters. The third-order valence-corrected chi connectivity index (χ3v) is 3.16. The van der Waals surface area contributed by atoms with Crippen LogP contribution in [-0.4, -0.2) is 47.6 Å². The molecule has 2 N–H and O–H groups in total. The van der Waals surface area contributed by atoms with E-state index in [-0.39, 0.29) is 5.91 Å². The van der Waals surface area contributed by atoms with Crippen LogP contribution in [0.2, 0.25) is 0 Å². The van der Waals surface area contributed by atoms with E-state index in [2.05, 4.69) is 5.32 Å². The lowest BCUT2D eigenvalue weighted by molar-refractivity contribution is -0.142. The number of piperazine rings is 1. The van der Waals surface area contributed by atoms with E-state index >= 15 is 0 Å². The molecule has 0 radical (unpaired) electrons. The van der Waals surface area contributed by atoms with E-state index in [0.29, 0.717) is 25.2 Å². The number of carboxylic acid groups (broad SMARTS) is 1. The van der Waals surface area contributed by atoms with Crippen LogP contribution < -0.4 is 5.32 Å². The maximum Gasteiger partial charge on any atom is 0.327 e. The average Bonchev–Trinajstić information content (AvgIpc) is 2.38. The maximum atomic E-state index is 12.4. The number of hydrogen-bond acceptors (Lipinski definition) is 3. The van der Waals surface area contributed by atoms with Crippen LogP contribution in [0.3, 0.4) is 0 Å². The fourth-order valence-corrected chi connectivity index (χ4v) is 2.14.